The summed E-state index contributed by atoms with van der Waals surface area (Å²) in [5.41, 5.74) is -0.964. The van der Waals surface area contributed by atoms with Crippen LogP contribution in [0.3, 0.4) is 0 Å². The van der Waals surface area contributed by atoms with Crippen LogP contribution in [0.4, 0.5) is 24.9 Å². The molecule has 0 aromatic carbocycles. The van der Waals surface area contributed by atoms with E-state index in [9.17, 15) is 13.2 Å². The van der Waals surface area contributed by atoms with Crippen molar-refractivity contribution in [1.29, 1.82) is 0 Å². The molecular formula is C13H19F3N4O. The van der Waals surface area contributed by atoms with E-state index in [1.807, 2.05) is 0 Å². The van der Waals surface area contributed by atoms with Crippen LogP contribution in [0.15, 0.2) is 6.07 Å². The van der Waals surface area contributed by atoms with Gasteiger partial charge in [-0.1, -0.05) is 0 Å². The van der Waals surface area contributed by atoms with E-state index in [0.29, 0.717) is 25.5 Å². The fraction of sp³-hybridized carbons (Fsp3) is 0.692. The van der Waals surface area contributed by atoms with Crippen LogP contribution in [-0.4, -0.2) is 36.8 Å². The maximum absolute atomic E-state index is 12.7. The number of hydrogen-bond donors (Lipinski definition) is 2. The highest BCUT2D eigenvalue weighted by molar-refractivity contribution is 5.42. The molecule has 1 fully saturated rings. The van der Waals surface area contributed by atoms with E-state index in [0.717, 1.165) is 12.7 Å². The Balaban J connectivity index is 1.80. The van der Waals surface area contributed by atoms with Crippen molar-refractivity contribution >= 4 is 11.8 Å². The average molecular weight is 304 g/mol. The quantitative estimate of drug-likeness (QED) is 0.723. The van der Waals surface area contributed by atoms with Gasteiger partial charge in [0.15, 0.2) is 5.69 Å². The van der Waals surface area contributed by atoms with Gasteiger partial charge < -0.3 is 15.4 Å². The first-order chi connectivity index (χ1) is 9.99. The predicted molar refractivity (Wildman–Crippen MR) is 73.2 cm³/mol. The van der Waals surface area contributed by atoms with Crippen molar-refractivity contribution in [3.05, 3.63) is 11.8 Å². The molecule has 118 valence electrons. The molecule has 1 aliphatic carbocycles. The van der Waals surface area contributed by atoms with Gasteiger partial charge in [0.2, 0.25) is 5.95 Å². The number of ether oxygens (including phenoxy) is 1. The molecule has 0 unspecified atom stereocenters. The maximum atomic E-state index is 12.7. The third-order valence-electron chi connectivity index (χ3n) is 3.06. The Morgan fingerprint density at radius 3 is 2.71 bits per heavy atom. The highest BCUT2D eigenvalue weighted by atomic mass is 19.4. The Hall–Kier alpha value is -1.57. The molecule has 1 aliphatic rings. The van der Waals surface area contributed by atoms with Gasteiger partial charge in [-0.25, -0.2) is 4.98 Å². The Morgan fingerprint density at radius 2 is 2.10 bits per heavy atom. The topological polar surface area (TPSA) is 59.1 Å². The van der Waals surface area contributed by atoms with Gasteiger partial charge in [0.05, 0.1) is 0 Å². The molecular weight excluding hydrogens is 285 g/mol. The van der Waals surface area contributed by atoms with Gasteiger partial charge in [-0.2, -0.15) is 18.2 Å². The first kappa shape index (κ1) is 15.8. The van der Waals surface area contributed by atoms with Gasteiger partial charge in [-0.15, -0.1) is 0 Å². The normalized spacial score (nSPS) is 15.0. The van der Waals surface area contributed by atoms with E-state index < -0.39 is 11.9 Å². The first-order valence-electron chi connectivity index (χ1n) is 6.94. The van der Waals surface area contributed by atoms with Crippen LogP contribution >= 0.6 is 0 Å². The Morgan fingerprint density at radius 1 is 1.33 bits per heavy atom. The lowest BCUT2D eigenvalue weighted by Gasteiger charge is -2.11. The summed E-state index contributed by atoms with van der Waals surface area (Å²) in [6.45, 7) is 1.89. The SMILES string of the molecule is CNc1nc(NCCCOCC2CC2)cc(C(F)(F)F)n1. The highest BCUT2D eigenvalue weighted by Gasteiger charge is 2.33. The average Bonchev–Trinajstić information content (AvgIpc) is 3.25. The Kier molecular flexibility index (Phi) is 5.22. The second-order valence-electron chi connectivity index (χ2n) is 5.01. The molecule has 0 radical (unpaired) electrons. The summed E-state index contributed by atoms with van der Waals surface area (Å²) in [7, 11) is 1.48. The Bertz CT molecular complexity index is 463. The molecule has 0 spiro atoms. The Labute approximate surface area is 121 Å². The summed E-state index contributed by atoms with van der Waals surface area (Å²) in [5.74, 6) is 0.813. The lowest BCUT2D eigenvalue weighted by Crippen LogP contribution is -2.14. The number of nitrogens with one attached hydrogen (secondary N) is 2. The maximum Gasteiger partial charge on any atom is 0.433 e. The van der Waals surface area contributed by atoms with Crippen LogP contribution in [0.25, 0.3) is 0 Å². The number of alkyl halides is 3. The molecule has 2 N–H and O–H groups in total. The van der Waals surface area contributed by atoms with Crippen molar-refractivity contribution in [1.82, 2.24) is 9.97 Å². The minimum absolute atomic E-state index is 0.0580. The van der Waals surface area contributed by atoms with E-state index in [-0.39, 0.29) is 11.8 Å². The third-order valence-corrected chi connectivity index (χ3v) is 3.06. The number of rotatable bonds is 8. The lowest BCUT2D eigenvalue weighted by atomic mass is 10.3. The standard InChI is InChI=1S/C13H19F3N4O/c1-17-12-19-10(13(14,15)16)7-11(20-12)18-5-2-6-21-8-9-3-4-9/h7,9H,2-6,8H2,1H3,(H2,17,18,19,20). The van der Waals surface area contributed by atoms with Gasteiger partial charge in [0.25, 0.3) is 0 Å². The van der Waals surface area contributed by atoms with Crippen molar-refractivity contribution < 1.29 is 17.9 Å². The second kappa shape index (κ2) is 6.93. The lowest BCUT2D eigenvalue weighted by molar-refractivity contribution is -0.141. The van der Waals surface area contributed by atoms with Gasteiger partial charge >= 0.3 is 6.18 Å². The molecule has 0 saturated heterocycles. The molecule has 1 aromatic rings. The second-order valence-corrected chi connectivity index (χ2v) is 5.01. The zero-order chi connectivity index (χ0) is 15.3. The number of aromatic nitrogens is 2. The minimum Gasteiger partial charge on any atom is -0.381 e. The minimum atomic E-state index is -4.49. The van der Waals surface area contributed by atoms with Gasteiger partial charge in [0.1, 0.15) is 5.82 Å². The van der Waals surface area contributed by atoms with Gasteiger partial charge in [-0.3, -0.25) is 0 Å². The number of nitrogens with zero attached hydrogens (tertiary/aromatic N) is 2. The summed E-state index contributed by atoms with van der Waals surface area (Å²) in [6, 6.07) is 0.909. The summed E-state index contributed by atoms with van der Waals surface area (Å²) >= 11 is 0. The van der Waals surface area contributed by atoms with E-state index in [1.165, 1.54) is 19.9 Å². The molecule has 1 aromatic heterocycles. The van der Waals surface area contributed by atoms with Crippen molar-refractivity contribution in [3.8, 4) is 0 Å². The molecule has 0 atom stereocenters. The molecule has 8 heteroatoms. The van der Waals surface area contributed by atoms with Crippen LogP contribution in [0.1, 0.15) is 25.0 Å². The van der Waals surface area contributed by atoms with Crippen molar-refractivity contribution in [3.63, 3.8) is 0 Å². The number of anilines is 2. The van der Waals surface area contributed by atoms with Crippen LogP contribution in [0.5, 0.6) is 0 Å². The van der Waals surface area contributed by atoms with Crippen LogP contribution in [0, 0.1) is 5.92 Å². The smallest absolute Gasteiger partial charge is 0.381 e. The molecule has 0 aliphatic heterocycles. The zero-order valence-corrected chi connectivity index (χ0v) is 11.8. The highest BCUT2D eigenvalue weighted by Crippen LogP contribution is 2.30. The molecule has 1 heterocycles. The van der Waals surface area contributed by atoms with Crippen molar-refractivity contribution in [2.45, 2.75) is 25.4 Å². The third kappa shape index (κ3) is 5.37. The number of hydrogen-bond acceptors (Lipinski definition) is 5. The summed E-state index contributed by atoms with van der Waals surface area (Å²) < 4.78 is 43.5. The number of halogens is 3. The van der Waals surface area contributed by atoms with E-state index in [2.05, 4.69) is 20.6 Å². The predicted octanol–water partition coefficient (Wildman–Crippen LogP) is 2.77. The molecule has 5 nitrogen and oxygen atoms in total. The molecule has 2 rings (SSSR count). The zero-order valence-electron chi connectivity index (χ0n) is 11.8. The first-order valence-corrected chi connectivity index (χ1v) is 6.94. The monoisotopic (exact) mass is 304 g/mol. The summed E-state index contributed by atoms with van der Waals surface area (Å²) in [4.78, 5) is 7.34. The van der Waals surface area contributed by atoms with Gasteiger partial charge in [0, 0.05) is 32.9 Å². The fourth-order valence-electron chi connectivity index (χ4n) is 1.72. The molecule has 0 bridgehead atoms. The largest absolute Gasteiger partial charge is 0.433 e. The van der Waals surface area contributed by atoms with Crippen LogP contribution < -0.4 is 10.6 Å². The van der Waals surface area contributed by atoms with Gasteiger partial charge in [-0.05, 0) is 25.2 Å². The summed E-state index contributed by atoms with van der Waals surface area (Å²) in [6.07, 6.45) is -1.29. The van der Waals surface area contributed by atoms with Crippen LogP contribution in [-0.2, 0) is 10.9 Å². The van der Waals surface area contributed by atoms with Crippen molar-refractivity contribution in [2.75, 3.05) is 37.4 Å². The van der Waals surface area contributed by atoms with Crippen molar-refractivity contribution in [2.24, 2.45) is 5.92 Å². The molecule has 0 amide bonds. The molecule has 1 saturated carbocycles. The van der Waals surface area contributed by atoms with E-state index >= 15 is 0 Å². The summed E-state index contributed by atoms with van der Waals surface area (Å²) in [5, 5.41) is 5.39. The van der Waals surface area contributed by atoms with Crippen LogP contribution in [0.2, 0.25) is 0 Å². The van der Waals surface area contributed by atoms with E-state index in [1.54, 1.807) is 0 Å². The fourth-order valence-corrected chi connectivity index (χ4v) is 1.72. The van der Waals surface area contributed by atoms with E-state index in [4.69, 9.17) is 4.74 Å². The molecule has 21 heavy (non-hydrogen) atoms.